The molecule has 0 spiro atoms. The SMILES string of the molecule is CCOP(=O)(CN[C@H](C(=O)O)[C@@H](C)O)OCC. The van der Waals surface area contributed by atoms with Gasteiger partial charge in [-0.05, 0) is 20.8 Å². The Hall–Kier alpha value is -0.460. The summed E-state index contributed by atoms with van der Waals surface area (Å²) in [6.07, 6.45) is -1.36. The quantitative estimate of drug-likeness (QED) is 0.527. The molecule has 0 heterocycles. The summed E-state index contributed by atoms with van der Waals surface area (Å²) in [4.78, 5) is 10.8. The Morgan fingerprint density at radius 1 is 1.35 bits per heavy atom. The van der Waals surface area contributed by atoms with Crippen molar-refractivity contribution < 1.29 is 28.6 Å². The minimum absolute atomic E-state index is 0.200. The lowest BCUT2D eigenvalue weighted by Crippen LogP contribution is -2.45. The van der Waals surface area contributed by atoms with Crippen LogP contribution in [0.5, 0.6) is 0 Å². The molecule has 17 heavy (non-hydrogen) atoms. The fourth-order valence-electron chi connectivity index (χ4n) is 1.20. The summed E-state index contributed by atoms with van der Waals surface area (Å²) in [5.74, 6) is -1.22. The average Bonchev–Trinajstić information content (AvgIpc) is 2.17. The van der Waals surface area contributed by atoms with Crippen molar-refractivity contribution in [2.75, 3.05) is 19.5 Å². The van der Waals surface area contributed by atoms with Crippen LogP contribution in [0.25, 0.3) is 0 Å². The second kappa shape index (κ2) is 7.79. The molecule has 0 bridgehead atoms. The first kappa shape index (κ1) is 16.5. The zero-order valence-electron chi connectivity index (χ0n) is 10.3. The lowest BCUT2D eigenvalue weighted by Gasteiger charge is -2.21. The first-order valence-corrected chi connectivity index (χ1v) is 7.11. The smallest absolute Gasteiger partial charge is 0.344 e. The predicted molar refractivity (Wildman–Crippen MR) is 62.0 cm³/mol. The van der Waals surface area contributed by atoms with E-state index in [0.717, 1.165) is 0 Å². The van der Waals surface area contributed by atoms with Gasteiger partial charge in [0.2, 0.25) is 0 Å². The van der Waals surface area contributed by atoms with Crippen molar-refractivity contribution >= 4 is 13.6 Å². The van der Waals surface area contributed by atoms with Crippen LogP contribution in [0.3, 0.4) is 0 Å². The third-order valence-electron chi connectivity index (χ3n) is 1.90. The standard InChI is InChI=1S/C9H20NO6P/c1-4-15-17(14,16-5-2)6-10-8(7(3)11)9(12)13/h7-8,10-11H,4-6H2,1-3H3,(H,12,13)/t7-,8+/m1/s1. The number of aliphatic carboxylic acids is 1. The average molecular weight is 269 g/mol. The molecule has 7 nitrogen and oxygen atoms in total. The number of carboxylic acid groups (broad SMARTS) is 1. The summed E-state index contributed by atoms with van der Waals surface area (Å²) >= 11 is 0. The predicted octanol–water partition coefficient (Wildman–Crippen LogP) is 0.634. The Balaban J connectivity index is 4.47. The molecule has 8 heteroatoms. The van der Waals surface area contributed by atoms with E-state index in [1.807, 2.05) is 0 Å². The molecule has 0 saturated carbocycles. The highest BCUT2D eigenvalue weighted by atomic mass is 31.2. The second-order valence-electron chi connectivity index (χ2n) is 3.37. The Bertz CT molecular complexity index is 273. The van der Waals surface area contributed by atoms with Crippen LogP contribution >= 0.6 is 7.60 Å². The maximum Gasteiger partial charge on any atom is 0.344 e. The number of aliphatic hydroxyl groups excluding tert-OH is 1. The van der Waals surface area contributed by atoms with Crippen LogP contribution in [0.2, 0.25) is 0 Å². The molecule has 0 aliphatic heterocycles. The molecular weight excluding hydrogens is 249 g/mol. The molecule has 3 N–H and O–H groups in total. The van der Waals surface area contributed by atoms with Crippen LogP contribution in [0, 0.1) is 0 Å². The molecule has 0 amide bonds. The Kier molecular flexibility index (Phi) is 7.58. The highest BCUT2D eigenvalue weighted by Gasteiger charge is 2.29. The molecule has 0 aliphatic rings. The van der Waals surface area contributed by atoms with E-state index in [1.54, 1.807) is 13.8 Å². The third kappa shape index (κ3) is 6.14. The van der Waals surface area contributed by atoms with Gasteiger partial charge in [-0.1, -0.05) is 0 Å². The molecule has 0 rings (SSSR count). The summed E-state index contributed by atoms with van der Waals surface area (Å²) in [7, 11) is -3.34. The molecule has 102 valence electrons. The minimum Gasteiger partial charge on any atom is -0.480 e. The molecule has 0 aromatic rings. The van der Waals surface area contributed by atoms with E-state index >= 15 is 0 Å². The fourth-order valence-corrected chi connectivity index (χ4v) is 2.66. The Labute approximate surface area is 101 Å². The van der Waals surface area contributed by atoms with Crippen molar-refractivity contribution in [3.05, 3.63) is 0 Å². The monoisotopic (exact) mass is 269 g/mol. The Morgan fingerprint density at radius 2 is 1.82 bits per heavy atom. The van der Waals surface area contributed by atoms with E-state index < -0.39 is 25.7 Å². The lowest BCUT2D eigenvalue weighted by molar-refractivity contribution is -0.142. The van der Waals surface area contributed by atoms with Crippen LogP contribution in [0.15, 0.2) is 0 Å². The second-order valence-corrected chi connectivity index (χ2v) is 5.42. The molecular formula is C9H20NO6P. The van der Waals surface area contributed by atoms with Gasteiger partial charge in [-0.15, -0.1) is 0 Å². The topological polar surface area (TPSA) is 105 Å². The van der Waals surface area contributed by atoms with Crippen molar-refractivity contribution in [2.45, 2.75) is 32.9 Å². The molecule has 0 fully saturated rings. The number of carbonyl (C=O) groups is 1. The van der Waals surface area contributed by atoms with Crippen LogP contribution in [-0.4, -0.2) is 47.8 Å². The molecule has 0 aliphatic carbocycles. The molecule has 0 unspecified atom stereocenters. The van der Waals surface area contributed by atoms with Gasteiger partial charge in [0.25, 0.3) is 0 Å². The number of carboxylic acids is 1. The van der Waals surface area contributed by atoms with E-state index in [9.17, 15) is 14.5 Å². The summed E-state index contributed by atoms with van der Waals surface area (Å²) in [6.45, 7) is 5.05. The summed E-state index contributed by atoms with van der Waals surface area (Å²) in [5.41, 5.74) is 0. The highest BCUT2D eigenvalue weighted by Crippen LogP contribution is 2.46. The van der Waals surface area contributed by atoms with Gasteiger partial charge in [0.15, 0.2) is 0 Å². The molecule has 0 radical (unpaired) electrons. The number of rotatable bonds is 9. The van der Waals surface area contributed by atoms with Gasteiger partial charge in [-0.25, -0.2) is 0 Å². The van der Waals surface area contributed by atoms with Crippen molar-refractivity contribution in [3.63, 3.8) is 0 Å². The number of hydrogen-bond acceptors (Lipinski definition) is 6. The van der Waals surface area contributed by atoms with Gasteiger partial charge in [-0.3, -0.25) is 14.7 Å². The normalized spacial score (nSPS) is 15.5. The third-order valence-corrected chi connectivity index (χ3v) is 3.78. The molecule has 2 atom stereocenters. The van der Waals surface area contributed by atoms with Crippen LogP contribution in [0.4, 0.5) is 0 Å². The van der Waals surface area contributed by atoms with Gasteiger partial charge in [0.05, 0.1) is 25.6 Å². The Morgan fingerprint density at radius 3 is 2.12 bits per heavy atom. The largest absolute Gasteiger partial charge is 0.480 e. The van der Waals surface area contributed by atoms with E-state index in [-0.39, 0.29) is 19.5 Å². The van der Waals surface area contributed by atoms with E-state index in [2.05, 4.69) is 5.32 Å². The summed E-state index contributed by atoms with van der Waals surface area (Å²) < 4.78 is 21.9. The van der Waals surface area contributed by atoms with Crippen molar-refractivity contribution in [1.29, 1.82) is 0 Å². The highest BCUT2D eigenvalue weighted by molar-refractivity contribution is 7.53. The fraction of sp³-hybridized carbons (Fsp3) is 0.889. The van der Waals surface area contributed by atoms with Crippen molar-refractivity contribution in [1.82, 2.24) is 5.32 Å². The van der Waals surface area contributed by atoms with Crippen molar-refractivity contribution in [2.24, 2.45) is 0 Å². The number of aliphatic hydroxyl groups is 1. The maximum atomic E-state index is 12.0. The number of nitrogens with one attached hydrogen (secondary N) is 1. The molecule has 0 aromatic heterocycles. The first-order chi connectivity index (χ1) is 7.86. The summed E-state index contributed by atoms with van der Waals surface area (Å²) in [6, 6.07) is -1.20. The zero-order valence-corrected chi connectivity index (χ0v) is 11.1. The molecule has 0 aromatic carbocycles. The van der Waals surface area contributed by atoms with Gasteiger partial charge < -0.3 is 19.3 Å². The van der Waals surface area contributed by atoms with E-state index in [4.69, 9.17) is 14.2 Å². The van der Waals surface area contributed by atoms with Gasteiger partial charge in [0, 0.05) is 0 Å². The van der Waals surface area contributed by atoms with E-state index in [1.165, 1.54) is 6.92 Å². The lowest BCUT2D eigenvalue weighted by atomic mass is 10.2. The van der Waals surface area contributed by atoms with Crippen molar-refractivity contribution in [3.8, 4) is 0 Å². The zero-order chi connectivity index (χ0) is 13.5. The minimum atomic E-state index is -3.34. The number of hydrogen-bond donors (Lipinski definition) is 3. The van der Waals surface area contributed by atoms with E-state index in [0.29, 0.717) is 0 Å². The van der Waals surface area contributed by atoms with Gasteiger partial charge in [0.1, 0.15) is 6.04 Å². The molecule has 0 saturated heterocycles. The maximum absolute atomic E-state index is 12.0. The summed E-state index contributed by atoms with van der Waals surface area (Å²) in [5, 5.41) is 20.5. The van der Waals surface area contributed by atoms with Crippen LogP contribution in [-0.2, 0) is 18.4 Å². The van der Waals surface area contributed by atoms with Crippen LogP contribution in [0.1, 0.15) is 20.8 Å². The first-order valence-electron chi connectivity index (χ1n) is 5.38. The van der Waals surface area contributed by atoms with Gasteiger partial charge in [-0.2, -0.15) is 0 Å². The van der Waals surface area contributed by atoms with Gasteiger partial charge >= 0.3 is 13.6 Å². The van der Waals surface area contributed by atoms with Crippen LogP contribution < -0.4 is 5.32 Å².